The molecule has 92 valence electrons. The number of hydrogen-bond donors (Lipinski definition) is 1. The molecule has 0 unspecified atom stereocenters. The topological polar surface area (TPSA) is 46.9 Å². The van der Waals surface area contributed by atoms with E-state index in [0.29, 0.717) is 5.69 Å². The molecule has 2 heterocycles. The fourth-order valence-corrected chi connectivity index (χ4v) is 2.31. The summed E-state index contributed by atoms with van der Waals surface area (Å²) in [4.78, 5) is 16.5. The summed E-state index contributed by atoms with van der Waals surface area (Å²) in [7, 11) is 0. The minimum Gasteiger partial charge on any atom is -0.324 e. The molecule has 3 rings (SSSR count). The first-order valence-corrected chi connectivity index (χ1v) is 6.25. The fourth-order valence-electron chi connectivity index (χ4n) is 2.31. The fraction of sp³-hybridized carbons (Fsp3) is 0.286. The van der Waals surface area contributed by atoms with Crippen molar-refractivity contribution in [3.63, 3.8) is 0 Å². The minimum absolute atomic E-state index is 0.0816. The molecule has 1 N–H and O–H groups in total. The van der Waals surface area contributed by atoms with Crippen molar-refractivity contribution in [2.75, 3.05) is 5.32 Å². The van der Waals surface area contributed by atoms with Crippen LogP contribution in [0.2, 0.25) is 0 Å². The van der Waals surface area contributed by atoms with E-state index in [-0.39, 0.29) is 5.91 Å². The van der Waals surface area contributed by atoms with E-state index in [1.807, 2.05) is 34.9 Å². The molecular weight excluding hydrogens is 226 g/mol. The average molecular weight is 241 g/mol. The number of para-hydroxylation sites is 1. The molecule has 0 spiro atoms. The van der Waals surface area contributed by atoms with Crippen LogP contribution < -0.4 is 5.32 Å². The second-order valence-electron chi connectivity index (χ2n) is 4.49. The van der Waals surface area contributed by atoms with Crippen molar-refractivity contribution in [3.8, 4) is 0 Å². The summed E-state index contributed by atoms with van der Waals surface area (Å²) in [5.74, 6) is 0.946. The van der Waals surface area contributed by atoms with Crippen LogP contribution >= 0.6 is 0 Å². The summed E-state index contributed by atoms with van der Waals surface area (Å²) >= 11 is 0. The molecule has 1 aromatic carbocycles. The molecule has 0 bridgehead atoms. The Morgan fingerprint density at radius 1 is 1.22 bits per heavy atom. The first-order chi connectivity index (χ1) is 8.84. The van der Waals surface area contributed by atoms with Gasteiger partial charge in [0.05, 0.1) is 6.20 Å². The number of nitrogens with one attached hydrogen (secondary N) is 1. The highest BCUT2D eigenvalue weighted by atomic mass is 16.2. The number of fused-ring (bicyclic) bond motifs is 1. The number of benzene rings is 1. The number of hydrogen-bond acceptors (Lipinski definition) is 2. The number of rotatable bonds is 2. The molecule has 4 nitrogen and oxygen atoms in total. The van der Waals surface area contributed by atoms with Gasteiger partial charge in [-0.2, -0.15) is 0 Å². The van der Waals surface area contributed by atoms with E-state index >= 15 is 0 Å². The summed E-state index contributed by atoms with van der Waals surface area (Å²) in [5, 5.41) is 2.89. The number of nitrogens with zero attached hydrogens (tertiary/aromatic N) is 2. The molecule has 0 saturated carbocycles. The van der Waals surface area contributed by atoms with Crippen LogP contribution in [0.3, 0.4) is 0 Å². The van der Waals surface area contributed by atoms with Crippen molar-refractivity contribution in [2.24, 2.45) is 0 Å². The number of anilines is 1. The predicted octanol–water partition coefficient (Wildman–Crippen LogP) is 2.47. The normalized spacial score (nSPS) is 14.0. The van der Waals surface area contributed by atoms with Crippen molar-refractivity contribution >= 4 is 11.6 Å². The zero-order chi connectivity index (χ0) is 12.4. The number of aryl methyl sites for hydroxylation is 1. The van der Waals surface area contributed by atoms with Gasteiger partial charge in [0.25, 0.3) is 5.91 Å². The van der Waals surface area contributed by atoms with Crippen molar-refractivity contribution in [1.29, 1.82) is 0 Å². The highest BCUT2D eigenvalue weighted by molar-refractivity contribution is 6.03. The van der Waals surface area contributed by atoms with E-state index in [9.17, 15) is 4.79 Å². The lowest BCUT2D eigenvalue weighted by atomic mass is 10.1. The first-order valence-electron chi connectivity index (χ1n) is 6.25. The molecule has 0 atom stereocenters. The van der Waals surface area contributed by atoms with Crippen LogP contribution in [0, 0.1) is 0 Å². The molecule has 4 heteroatoms. The molecule has 1 amide bonds. The zero-order valence-corrected chi connectivity index (χ0v) is 10.1. The number of imidazole rings is 1. The van der Waals surface area contributed by atoms with E-state index in [4.69, 9.17) is 0 Å². The van der Waals surface area contributed by atoms with Crippen LogP contribution in [-0.2, 0) is 13.0 Å². The van der Waals surface area contributed by atoms with Gasteiger partial charge in [-0.25, -0.2) is 4.98 Å². The zero-order valence-electron chi connectivity index (χ0n) is 10.1. The minimum atomic E-state index is -0.0816. The lowest BCUT2D eigenvalue weighted by Crippen LogP contribution is -2.20. The van der Waals surface area contributed by atoms with Gasteiger partial charge in [-0.1, -0.05) is 18.2 Å². The molecule has 1 aliphatic rings. The summed E-state index contributed by atoms with van der Waals surface area (Å²) in [6.07, 6.45) is 4.93. The number of carbonyl (C=O) groups excluding carboxylic acids is 1. The number of aromatic nitrogens is 2. The molecule has 1 aromatic heterocycles. The van der Waals surface area contributed by atoms with Gasteiger partial charge in [0.1, 0.15) is 11.5 Å². The van der Waals surface area contributed by atoms with Crippen molar-refractivity contribution < 1.29 is 4.79 Å². The third-order valence-electron chi connectivity index (χ3n) is 3.23. The maximum atomic E-state index is 12.2. The summed E-state index contributed by atoms with van der Waals surface area (Å²) in [5.41, 5.74) is 1.47. The largest absolute Gasteiger partial charge is 0.324 e. The summed E-state index contributed by atoms with van der Waals surface area (Å²) in [6.45, 7) is 0.896. The van der Waals surface area contributed by atoms with Crippen molar-refractivity contribution in [3.05, 3.63) is 48.0 Å². The maximum Gasteiger partial charge on any atom is 0.273 e. The Morgan fingerprint density at radius 3 is 2.89 bits per heavy atom. The van der Waals surface area contributed by atoms with Gasteiger partial charge in [0.2, 0.25) is 0 Å². The Bertz CT molecular complexity index is 560. The maximum absolute atomic E-state index is 12.2. The van der Waals surface area contributed by atoms with Gasteiger partial charge < -0.3 is 9.88 Å². The highest BCUT2D eigenvalue weighted by Crippen LogP contribution is 2.17. The molecule has 0 fully saturated rings. The standard InChI is InChI=1S/C14H15N3O/c18-14(16-11-6-2-1-3-7-11)12-10-15-13-8-4-5-9-17(12)13/h1-3,6-7,10H,4-5,8-9H2,(H,16,18). The van der Waals surface area contributed by atoms with Gasteiger partial charge in [-0.15, -0.1) is 0 Å². The van der Waals surface area contributed by atoms with Gasteiger partial charge in [0, 0.05) is 18.7 Å². The van der Waals surface area contributed by atoms with Gasteiger partial charge >= 0.3 is 0 Å². The van der Waals surface area contributed by atoms with E-state index in [1.54, 1.807) is 6.20 Å². The van der Waals surface area contributed by atoms with E-state index in [0.717, 1.165) is 37.3 Å². The van der Waals surface area contributed by atoms with E-state index in [1.165, 1.54) is 0 Å². The predicted molar refractivity (Wildman–Crippen MR) is 69.6 cm³/mol. The van der Waals surface area contributed by atoms with Gasteiger partial charge in [-0.05, 0) is 25.0 Å². The van der Waals surface area contributed by atoms with Crippen molar-refractivity contribution in [2.45, 2.75) is 25.8 Å². The van der Waals surface area contributed by atoms with Crippen LogP contribution in [0.4, 0.5) is 5.69 Å². The Balaban J connectivity index is 1.83. The number of carbonyl (C=O) groups is 1. The van der Waals surface area contributed by atoms with Crippen LogP contribution in [0.25, 0.3) is 0 Å². The second kappa shape index (κ2) is 4.64. The Hall–Kier alpha value is -2.10. The third kappa shape index (κ3) is 2.01. The van der Waals surface area contributed by atoms with E-state index in [2.05, 4.69) is 10.3 Å². The lowest BCUT2D eigenvalue weighted by Gasteiger charge is -2.16. The SMILES string of the molecule is O=C(Nc1ccccc1)c1cnc2n1CCCC2. The van der Waals surface area contributed by atoms with Gasteiger partial charge in [-0.3, -0.25) is 4.79 Å². The van der Waals surface area contributed by atoms with Crippen LogP contribution in [0.15, 0.2) is 36.5 Å². The first kappa shape index (κ1) is 11.0. The molecule has 2 aromatic rings. The average Bonchev–Trinajstić information content (AvgIpc) is 2.84. The molecule has 0 saturated heterocycles. The summed E-state index contributed by atoms with van der Waals surface area (Å²) in [6, 6.07) is 9.50. The lowest BCUT2D eigenvalue weighted by molar-refractivity contribution is 0.101. The molecule has 0 radical (unpaired) electrons. The smallest absolute Gasteiger partial charge is 0.273 e. The highest BCUT2D eigenvalue weighted by Gasteiger charge is 2.18. The summed E-state index contributed by atoms with van der Waals surface area (Å²) < 4.78 is 2.03. The monoisotopic (exact) mass is 241 g/mol. The van der Waals surface area contributed by atoms with Crippen LogP contribution in [-0.4, -0.2) is 15.5 Å². The van der Waals surface area contributed by atoms with Crippen LogP contribution in [0.5, 0.6) is 0 Å². The Labute approximate surface area is 106 Å². The van der Waals surface area contributed by atoms with Crippen molar-refractivity contribution in [1.82, 2.24) is 9.55 Å². The molecule has 18 heavy (non-hydrogen) atoms. The Kier molecular flexibility index (Phi) is 2.84. The molecular formula is C14H15N3O. The third-order valence-corrected chi connectivity index (χ3v) is 3.23. The number of amides is 1. The quantitative estimate of drug-likeness (QED) is 0.878. The van der Waals surface area contributed by atoms with E-state index < -0.39 is 0 Å². The Morgan fingerprint density at radius 2 is 2.06 bits per heavy atom. The molecule has 1 aliphatic heterocycles. The van der Waals surface area contributed by atoms with Crippen LogP contribution in [0.1, 0.15) is 29.2 Å². The van der Waals surface area contributed by atoms with Gasteiger partial charge in [0.15, 0.2) is 0 Å². The molecule has 0 aliphatic carbocycles. The second-order valence-corrected chi connectivity index (χ2v) is 4.49.